The minimum Gasteiger partial charge on any atom is -0.478 e. The third kappa shape index (κ3) is 3.04. The maximum Gasteiger partial charge on any atom is 0.350 e. The molecule has 0 aromatic rings. The van der Waals surface area contributed by atoms with Crippen LogP contribution in [0.2, 0.25) is 0 Å². The molecule has 8 atom stereocenters. The number of fused-ring (bicyclic) bond motifs is 1. The standard InChI is InChI=1S/C24H32O7/c1-12-7-6-8-16-10-17(20(26)27)14(3)11-23(16)21-24(29-5,22(28)31-23)19(25)15(4)18(30-21)13(2)9-12/h10,12-14,16,18,21H,4,6-9,11H2,1-3,5H3,(H,26,27)/t12-,13-,14+,16+,18-,21+,23+,24-/m0/s1. The maximum atomic E-state index is 13.5. The minimum atomic E-state index is -1.89. The first kappa shape index (κ1) is 22.2. The van der Waals surface area contributed by atoms with E-state index in [0.29, 0.717) is 17.9 Å². The van der Waals surface area contributed by atoms with Crippen molar-refractivity contribution >= 4 is 17.7 Å². The van der Waals surface area contributed by atoms with Gasteiger partial charge >= 0.3 is 11.9 Å². The summed E-state index contributed by atoms with van der Waals surface area (Å²) in [5.41, 5.74) is -2.47. The fourth-order valence-electron chi connectivity index (χ4n) is 6.39. The second-order valence-electron chi connectivity index (χ2n) is 9.96. The van der Waals surface area contributed by atoms with E-state index >= 15 is 0 Å². The van der Waals surface area contributed by atoms with Crippen LogP contribution in [0.15, 0.2) is 23.8 Å². The van der Waals surface area contributed by atoms with Gasteiger partial charge in [-0.2, -0.15) is 0 Å². The molecule has 7 nitrogen and oxygen atoms in total. The molecule has 3 aliphatic heterocycles. The monoisotopic (exact) mass is 432 g/mol. The molecule has 1 spiro atoms. The van der Waals surface area contributed by atoms with Gasteiger partial charge in [-0.25, -0.2) is 9.59 Å². The molecular formula is C24H32O7. The third-order valence-corrected chi connectivity index (χ3v) is 7.89. The Hall–Kier alpha value is -1.99. The number of carboxylic acid groups (broad SMARTS) is 1. The van der Waals surface area contributed by atoms with E-state index in [2.05, 4.69) is 13.5 Å². The molecule has 0 radical (unpaired) electrons. The van der Waals surface area contributed by atoms with Crippen molar-refractivity contribution in [3.63, 3.8) is 0 Å². The Morgan fingerprint density at radius 1 is 1.26 bits per heavy atom. The molecule has 4 rings (SSSR count). The van der Waals surface area contributed by atoms with Crippen molar-refractivity contribution in [2.75, 3.05) is 7.11 Å². The van der Waals surface area contributed by atoms with E-state index in [0.717, 1.165) is 19.3 Å². The Morgan fingerprint density at radius 3 is 2.61 bits per heavy atom. The molecule has 0 saturated carbocycles. The number of carbonyl (C=O) groups is 3. The smallest absolute Gasteiger partial charge is 0.350 e. The van der Waals surface area contributed by atoms with E-state index in [1.165, 1.54) is 7.11 Å². The predicted octanol–water partition coefficient (Wildman–Crippen LogP) is 3.07. The van der Waals surface area contributed by atoms with E-state index in [4.69, 9.17) is 14.2 Å². The summed E-state index contributed by atoms with van der Waals surface area (Å²) in [5.74, 6) is -2.48. The maximum absolute atomic E-state index is 13.5. The summed E-state index contributed by atoms with van der Waals surface area (Å²) in [6, 6.07) is 0. The number of hydrogen-bond donors (Lipinski definition) is 1. The zero-order valence-electron chi connectivity index (χ0n) is 18.7. The Morgan fingerprint density at radius 2 is 1.97 bits per heavy atom. The summed E-state index contributed by atoms with van der Waals surface area (Å²) in [4.78, 5) is 38.7. The van der Waals surface area contributed by atoms with Crippen molar-refractivity contribution in [1.29, 1.82) is 0 Å². The number of rotatable bonds is 2. The fraction of sp³-hybridized carbons (Fsp3) is 0.708. The van der Waals surface area contributed by atoms with Crippen molar-refractivity contribution in [3.05, 3.63) is 23.8 Å². The molecule has 0 amide bonds. The largest absolute Gasteiger partial charge is 0.478 e. The first-order valence-electron chi connectivity index (χ1n) is 11.2. The lowest BCUT2D eigenvalue weighted by Crippen LogP contribution is -2.66. The van der Waals surface area contributed by atoms with Gasteiger partial charge in [-0.05, 0) is 37.0 Å². The summed E-state index contributed by atoms with van der Waals surface area (Å²) >= 11 is 0. The summed E-state index contributed by atoms with van der Waals surface area (Å²) in [7, 11) is 1.32. The predicted molar refractivity (Wildman–Crippen MR) is 111 cm³/mol. The van der Waals surface area contributed by atoms with Gasteiger partial charge < -0.3 is 19.3 Å². The van der Waals surface area contributed by atoms with Crippen molar-refractivity contribution in [2.45, 2.75) is 76.3 Å². The number of Topliss-reactive ketones (excluding diaryl/α,β-unsaturated/α-hetero) is 1. The summed E-state index contributed by atoms with van der Waals surface area (Å²) in [6.45, 7) is 10.0. The van der Waals surface area contributed by atoms with Crippen LogP contribution in [0.1, 0.15) is 52.9 Å². The lowest BCUT2D eigenvalue weighted by atomic mass is 9.64. The number of carbonyl (C=O) groups excluding carboxylic acids is 2. The van der Waals surface area contributed by atoms with Gasteiger partial charge in [-0.15, -0.1) is 0 Å². The molecule has 3 fully saturated rings. The Balaban J connectivity index is 1.91. The molecule has 31 heavy (non-hydrogen) atoms. The Bertz CT molecular complexity index is 860. The van der Waals surface area contributed by atoms with E-state index < -0.39 is 41.1 Å². The molecule has 4 aliphatic rings. The van der Waals surface area contributed by atoms with E-state index in [9.17, 15) is 19.5 Å². The Labute approximate surface area is 182 Å². The molecule has 0 aromatic heterocycles. The fourth-order valence-corrected chi connectivity index (χ4v) is 6.39. The molecular weight excluding hydrogens is 400 g/mol. The number of ketones is 1. The van der Waals surface area contributed by atoms with Crippen molar-refractivity contribution in [1.82, 2.24) is 0 Å². The van der Waals surface area contributed by atoms with Gasteiger partial charge in [0, 0.05) is 24.2 Å². The number of ether oxygens (including phenoxy) is 3. The zero-order chi connectivity index (χ0) is 22.7. The SMILES string of the molecule is C=C1C(=O)[C@@]2(OC)C(=O)O[C@]34C[C@@H](C)C(C(=O)O)=C[C@H]3CCC[C@H](C)C[C@H](C)[C@@H]1O[C@@H]24. The normalized spacial score (nSPS) is 45.3. The van der Waals surface area contributed by atoms with Crippen LogP contribution >= 0.6 is 0 Å². The van der Waals surface area contributed by atoms with Crippen LogP contribution in [-0.4, -0.2) is 53.3 Å². The molecule has 7 heteroatoms. The average Bonchev–Trinajstić information content (AvgIpc) is 2.93. The molecule has 2 bridgehead atoms. The van der Waals surface area contributed by atoms with Crippen LogP contribution in [-0.2, 0) is 28.6 Å². The van der Waals surface area contributed by atoms with E-state index in [-0.39, 0.29) is 29.7 Å². The van der Waals surface area contributed by atoms with Gasteiger partial charge in [0.15, 0.2) is 0 Å². The zero-order valence-corrected chi connectivity index (χ0v) is 18.7. The van der Waals surface area contributed by atoms with Crippen LogP contribution in [0.3, 0.4) is 0 Å². The van der Waals surface area contributed by atoms with Crippen molar-refractivity contribution < 1.29 is 33.7 Å². The van der Waals surface area contributed by atoms with Crippen molar-refractivity contribution in [2.24, 2.45) is 23.7 Å². The highest BCUT2D eigenvalue weighted by molar-refractivity contribution is 6.18. The highest BCUT2D eigenvalue weighted by atomic mass is 16.7. The van der Waals surface area contributed by atoms with E-state index in [1.54, 1.807) is 6.08 Å². The number of hydrogen-bond acceptors (Lipinski definition) is 6. The number of carboxylic acids is 1. The van der Waals surface area contributed by atoms with E-state index in [1.807, 2.05) is 13.8 Å². The quantitative estimate of drug-likeness (QED) is 0.407. The molecule has 3 heterocycles. The molecule has 0 unspecified atom stereocenters. The van der Waals surface area contributed by atoms with Crippen LogP contribution in [0.25, 0.3) is 0 Å². The second-order valence-corrected chi connectivity index (χ2v) is 9.96. The topological polar surface area (TPSA) is 99.1 Å². The molecule has 3 saturated heterocycles. The van der Waals surface area contributed by atoms with Gasteiger partial charge in [0.25, 0.3) is 5.60 Å². The second kappa shape index (κ2) is 7.55. The van der Waals surface area contributed by atoms with Crippen LogP contribution in [0.5, 0.6) is 0 Å². The highest BCUT2D eigenvalue weighted by Crippen LogP contribution is 2.56. The summed E-state index contributed by atoms with van der Waals surface area (Å²) in [5, 5.41) is 9.72. The Kier molecular flexibility index (Phi) is 5.41. The van der Waals surface area contributed by atoms with Crippen LogP contribution in [0, 0.1) is 23.7 Å². The van der Waals surface area contributed by atoms with Gasteiger partial charge in [0.05, 0.1) is 6.10 Å². The summed E-state index contributed by atoms with van der Waals surface area (Å²) in [6.07, 6.45) is 3.86. The molecule has 170 valence electrons. The lowest BCUT2D eigenvalue weighted by Gasteiger charge is -2.48. The van der Waals surface area contributed by atoms with Crippen LogP contribution < -0.4 is 0 Å². The van der Waals surface area contributed by atoms with Gasteiger partial charge in [0.1, 0.15) is 11.7 Å². The van der Waals surface area contributed by atoms with Crippen molar-refractivity contribution in [3.8, 4) is 0 Å². The molecule has 1 aliphatic carbocycles. The lowest BCUT2D eigenvalue weighted by molar-refractivity contribution is -0.196. The van der Waals surface area contributed by atoms with Crippen LogP contribution in [0.4, 0.5) is 0 Å². The van der Waals surface area contributed by atoms with Gasteiger partial charge in [-0.3, -0.25) is 4.79 Å². The number of methoxy groups -OCH3 is 1. The first-order valence-corrected chi connectivity index (χ1v) is 11.2. The average molecular weight is 433 g/mol. The van der Waals surface area contributed by atoms with Gasteiger partial charge in [0.2, 0.25) is 5.78 Å². The summed E-state index contributed by atoms with van der Waals surface area (Å²) < 4.78 is 18.2. The number of aliphatic carboxylic acids is 1. The highest BCUT2D eigenvalue weighted by Gasteiger charge is 2.75. The number of esters is 1. The molecule has 0 aromatic carbocycles. The molecule has 1 N–H and O–H groups in total. The van der Waals surface area contributed by atoms with Gasteiger partial charge in [-0.1, -0.05) is 46.3 Å². The minimum absolute atomic E-state index is 0.0387. The third-order valence-electron chi connectivity index (χ3n) is 7.89. The first-order chi connectivity index (χ1) is 14.6.